The average molecular weight is 267 g/mol. The number of hydrazine groups is 1. The number of rotatable bonds is 4. The Balaban J connectivity index is 1.65. The molecule has 0 amide bonds. The number of fused-ring (bicyclic) bond motifs is 2. The van der Waals surface area contributed by atoms with Gasteiger partial charge in [0, 0.05) is 19.1 Å². The highest BCUT2D eigenvalue weighted by molar-refractivity contribution is 4.98. The summed E-state index contributed by atoms with van der Waals surface area (Å²) in [6, 6.07) is 0.946. The largest absolute Gasteiger partial charge is 0.374 e. The van der Waals surface area contributed by atoms with Gasteiger partial charge < -0.3 is 4.74 Å². The Labute approximate surface area is 117 Å². The molecular weight excluding hydrogens is 238 g/mol. The van der Waals surface area contributed by atoms with Crippen molar-refractivity contribution < 1.29 is 4.74 Å². The molecule has 2 bridgehead atoms. The molecule has 4 nitrogen and oxygen atoms in total. The average Bonchev–Trinajstić information content (AvgIpc) is 3.02. The number of morpholine rings is 1. The van der Waals surface area contributed by atoms with Crippen LogP contribution in [0.1, 0.15) is 39.5 Å². The number of hydrogen-bond acceptors (Lipinski definition) is 4. The Morgan fingerprint density at radius 3 is 2.68 bits per heavy atom. The van der Waals surface area contributed by atoms with E-state index in [0.717, 1.165) is 37.5 Å². The summed E-state index contributed by atoms with van der Waals surface area (Å²) >= 11 is 0. The van der Waals surface area contributed by atoms with Crippen molar-refractivity contribution in [2.24, 2.45) is 23.6 Å². The molecule has 0 spiro atoms. The van der Waals surface area contributed by atoms with E-state index in [2.05, 4.69) is 24.2 Å². The maximum atomic E-state index is 6.05. The van der Waals surface area contributed by atoms with Gasteiger partial charge in [0.05, 0.1) is 18.8 Å². The lowest BCUT2D eigenvalue weighted by atomic mass is 9.81. The lowest BCUT2D eigenvalue weighted by Gasteiger charge is -2.42. The minimum atomic E-state index is 0.269. The van der Waals surface area contributed by atoms with Gasteiger partial charge in [-0.15, -0.1) is 0 Å². The van der Waals surface area contributed by atoms with Gasteiger partial charge in [0.1, 0.15) is 0 Å². The van der Waals surface area contributed by atoms with Crippen molar-refractivity contribution in [2.75, 3.05) is 19.7 Å². The zero-order chi connectivity index (χ0) is 13.4. The molecule has 19 heavy (non-hydrogen) atoms. The monoisotopic (exact) mass is 267 g/mol. The van der Waals surface area contributed by atoms with Crippen LogP contribution in [0.4, 0.5) is 0 Å². The Hall–Kier alpha value is -0.160. The topological polar surface area (TPSA) is 50.5 Å². The molecule has 0 aromatic carbocycles. The van der Waals surface area contributed by atoms with Gasteiger partial charge in [0.15, 0.2) is 0 Å². The van der Waals surface area contributed by atoms with Gasteiger partial charge in [0.2, 0.25) is 0 Å². The summed E-state index contributed by atoms with van der Waals surface area (Å²) in [6.07, 6.45) is 5.92. The van der Waals surface area contributed by atoms with Gasteiger partial charge in [-0.3, -0.25) is 16.2 Å². The third-order valence-corrected chi connectivity index (χ3v) is 5.70. The first-order valence-electron chi connectivity index (χ1n) is 8.00. The minimum absolute atomic E-state index is 0.269. The van der Waals surface area contributed by atoms with Crippen molar-refractivity contribution in [3.05, 3.63) is 0 Å². The van der Waals surface area contributed by atoms with Crippen LogP contribution >= 0.6 is 0 Å². The van der Waals surface area contributed by atoms with Crippen LogP contribution < -0.4 is 11.3 Å². The number of nitrogens with zero attached hydrogens (tertiary/aromatic N) is 1. The maximum Gasteiger partial charge on any atom is 0.0871 e. The van der Waals surface area contributed by atoms with E-state index in [1.165, 1.54) is 25.7 Å². The van der Waals surface area contributed by atoms with Gasteiger partial charge in [-0.05, 0) is 50.9 Å². The first-order valence-corrected chi connectivity index (χ1v) is 8.00. The molecule has 4 heteroatoms. The molecule has 3 fully saturated rings. The van der Waals surface area contributed by atoms with Crippen molar-refractivity contribution in [1.29, 1.82) is 0 Å². The fourth-order valence-electron chi connectivity index (χ4n) is 4.62. The predicted molar refractivity (Wildman–Crippen MR) is 76.5 cm³/mol. The van der Waals surface area contributed by atoms with E-state index in [-0.39, 0.29) is 6.10 Å². The maximum absolute atomic E-state index is 6.05. The summed E-state index contributed by atoms with van der Waals surface area (Å²) in [7, 11) is 0. The molecule has 1 heterocycles. The molecule has 3 rings (SSSR count). The second kappa shape index (κ2) is 5.68. The van der Waals surface area contributed by atoms with Gasteiger partial charge in [-0.2, -0.15) is 0 Å². The predicted octanol–water partition coefficient (Wildman–Crippen LogP) is 1.36. The SMILES string of the molecule is CC(C)N1CCOC(C(NN)C2CC3CCC2C3)C1. The van der Waals surface area contributed by atoms with Crippen molar-refractivity contribution in [1.82, 2.24) is 10.3 Å². The van der Waals surface area contributed by atoms with Crippen LogP contribution in [-0.4, -0.2) is 42.8 Å². The molecule has 2 aliphatic carbocycles. The first-order chi connectivity index (χ1) is 9.19. The van der Waals surface area contributed by atoms with Crippen LogP contribution in [0.25, 0.3) is 0 Å². The summed E-state index contributed by atoms with van der Waals surface area (Å²) in [4.78, 5) is 2.52. The second-order valence-electron chi connectivity index (χ2n) is 7.03. The van der Waals surface area contributed by atoms with E-state index in [9.17, 15) is 0 Å². The summed E-state index contributed by atoms with van der Waals surface area (Å²) in [5, 5.41) is 0. The molecule has 110 valence electrons. The van der Waals surface area contributed by atoms with Crippen LogP contribution in [0.2, 0.25) is 0 Å². The molecule has 1 aliphatic heterocycles. The highest BCUT2D eigenvalue weighted by Crippen LogP contribution is 2.50. The highest BCUT2D eigenvalue weighted by atomic mass is 16.5. The fourth-order valence-corrected chi connectivity index (χ4v) is 4.62. The molecule has 3 aliphatic rings. The molecule has 5 unspecified atom stereocenters. The Morgan fingerprint density at radius 1 is 1.26 bits per heavy atom. The third-order valence-electron chi connectivity index (χ3n) is 5.70. The van der Waals surface area contributed by atoms with E-state index in [0.29, 0.717) is 12.1 Å². The van der Waals surface area contributed by atoms with E-state index < -0.39 is 0 Å². The number of ether oxygens (including phenoxy) is 1. The van der Waals surface area contributed by atoms with Crippen LogP contribution in [0.5, 0.6) is 0 Å². The van der Waals surface area contributed by atoms with Gasteiger partial charge in [-0.1, -0.05) is 6.42 Å². The van der Waals surface area contributed by atoms with Crippen LogP contribution in [0, 0.1) is 17.8 Å². The quantitative estimate of drug-likeness (QED) is 0.596. The highest BCUT2D eigenvalue weighted by Gasteiger charge is 2.46. The van der Waals surface area contributed by atoms with Crippen molar-refractivity contribution in [3.8, 4) is 0 Å². The summed E-state index contributed by atoms with van der Waals surface area (Å²) < 4.78 is 6.05. The molecule has 5 atom stereocenters. The van der Waals surface area contributed by atoms with E-state index >= 15 is 0 Å². The van der Waals surface area contributed by atoms with Crippen molar-refractivity contribution >= 4 is 0 Å². The number of nitrogens with one attached hydrogen (secondary N) is 1. The lowest BCUT2D eigenvalue weighted by molar-refractivity contribution is -0.0689. The minimum Gasteiger partial charge on any atom is -0.374 e. The fraction of sp³-hybridized carbons (Fsp3) is 1.00. The molecular formula is C15H29N3O. The molecule has 2 saturated carbocycles. The van der Waals surface area contributed by atoms with Gasteiger partial charge in [-0.25, -0.2) is 0 Å². The second-order valence-corrected chi connectivity index (χ2v) is 7.03. The molecule has 0 aromatic heterocycles. The first kappa shape index (κ1) is 13.8. The Kier molecular flexibility index (Phi) is 4.13. The van der Waals surface area contributed by atoms with Gasteiger partial charge in [0.25, 0.3) is 0 Å². The Bertz CT molecular complexity index is 310. The van der Waals surface area contributed by atoms with Crippen LogP contribution in [-0.2, 0) is 4.74 Å². The smallest absolute Gasteiger partial charge is 0.0871 e. The summed E-state index contributed by atoms with van der Waals surface area (Å²) in [5.41, 5.74) is 3.11. The molecule has 0 aromatic rings. The lowest BCUT2D eigenvalue weighted by Crippen LogP contribution is -2.58. The molecule has 1 saturated heterocycles. The van der Waals surface area contributed by atoms with Gasteiger partial charge >= 0.3 is 0 Å². The van der Waals surface area contributed by atoms with E-state index in [1.807, 2.05) is 0 Å². The van der Waals surface area contributed by atoms with E-state index in [1.54, 1.807) is 0 Å². The number of hydrogen-bond donors (Lipinski definition) is 2. The number of nitrogens with two attached hydrogens (primary N) is 1. The zero-order valence-corrected chi connectivity index (χ0v) is 12.3. The standard InChI is InChI=1S/C15H29N3O/c1-10(2)18-5-6-19-14(9-18)15(17-16)13-8-11-3-4-12(13)7-11/h10-15,17H,3-9,16H2,1-2H3. The van der Waals surface area contributed by atoms with Crippen LogP contribution in [0.15, 0.2) is 0 Å². The third kappa shape index (κ3) is 2.68. The molecule has 0 radical (unpaired) electrons. The van der Waals surface area contributed by atoms with Crippen molar-refractivity contribution in [2.45, 2.75) is 57.7 Å². The normalized spacial score (nSPS) is 41.1. The summed E-state index contributed by atoms with van der Waals surface area (Å²) in [6.45, 7) is 7.47. The van der Waals surface area contributed by atoms with E-state index in [4.69, 9.17) is 10.6 Å². The molecule has 3 N–H and O–H groups in total. The summed E-state index contributed by atoms with van der Waals surface area (Å²) in [5.74, 6) is 8.49. The Morgan fingerprint density at radius 2 is 2.11 bits per heavy atom. The zero-order valence-electron chi connectivity index (χ0n) is 12.3. The van der Waals surface area contributed by atoms with Crippen LogP contribution in [0.3, 0.4) is 0 Å². The van der Waals surface area contributed by atoms with Crippen molar-refractivity contribution in [3.63, 3.8) is 0 Å².